The van der Waals surface area contributed by atoms with Crippen LogP contribution in [0.4, 0.5) is 4.39 Å². The molecule has 0 radical (unpaired) electrons. The summed E-state index contributed by atoms with van der Waals surface area (Å²) < 4.78 is 14.4. The Morgan fingerprint density at radius 3 is 1.93 bits per heavy atom. The van der Waals surface area contributed by atoms with Crippen LogP contribution in [0.25, 0.3) is 0 Å². The molecule has 5 heteroatoms. The van der Waals surface area contributed by atoms with Crippen molar-refractivity contribution in [1.29, 1.82) is 0 Å². The molecule has 1 saturated heterocycles. The monoisotopic (exact) mass is 428 g/mol. The standard InChI is InChI=1S/C24H23Cl2FN2/c25-21-11-4-1-8-18(21)16-28-14-7-15-29(17-19-9-2-6-13-23(19)27)24(28)20-10-3-5-12-22(20)26/h1-6,8-13,24H,7,14-17H2/t24-/m0/s1. The molecule has 0 amide bonds. The lowest BCUT2D eigenvalue weighted by Crippen LogP contribution is -2.47. The van der Waals surface area contributed by atoms with Crippen molar-refractivity contribution < 1.29 is 4.39 Å². The van der Waals surface area contributed by atoms with E-state index in [1.54, 1.807) is 6.07 Å². The highest BCUT2D eigenvalue weighted by Crippen LogP contribution is 2.36. The summed E-state index contributed by atoms with van der Waals surface area (Å²) in [6, 6.07) is 22.8. The zero-order valence-corrected chi connectivity index (χ0v) is 17.6. The van der Waals surface area contributed by atoms with Crippen molar-refractivity contribution in [3.63, 3.8) is 0 Å². The SMILES string of the molecule is Fc1ccccc1CN1CCCN(Cc2ccccc2Cl)[C@@H]1c1ccccc1Cl. The van der Waals surface area contributed by atoms with Gasteiger partial charge in [0.1, 0.15) is 5.82 Å². The van der Waals surface area contributed by atoms with E-state index in [1.807, 2.05) is 48.5 Å². The molecule has 0 bridgehead atoms. The van der Waals surface area contributed by atoms with Crippen LogP contribution in [-0.4, -0.2) is 22.9 Å². The number of hydrogen-bond acceptors (Lipinski definition) is 2. The first kappa shape index (κ1) is 20.4. The highest BCUT2D eigenvalue weighted by molar-refractivity contribution is 6.31. The lowest BCUT2D eigenvalue weighted by molar-refractivity contribution is -0.00956. The number of rotatable bonds is 5. The molecule has 1 aliphatic heterocycles. The van der Waals surface area contributed by atoms with Crippen LogP contribution in [0.2, 0.25) is 10.0 Å². The lowest BCUT2D eigenvalue weighted by atomic mass is 10.0. The molecule has 1 heterocycles. The van der Waals surface area contributed by atoms with Gasteiger partial charge in [-0.05, 0) is 30.2 Å². The fourth-order valence-corrected chi connectivity index (χ4v) is 4.48. The van der Waals surface area contributed by atoms with Gasteiger partial charge in [0, 0.05) is 47.4 Å². The average molecular weight is 429 g/mol. The molecule has 29 heavy (non-hydrogen) atoms. The molecule has 0 spiro atoms. The second kappa shape index (κ2) is 9.27. The number of halogens is 3. The minimum absolute atomic E-state index is 0.0478. The fraction of sp³-hybridized carbons (Fsp3) is 0.250. The summed E-state index contributed by atoms with van der Waals surface area (Å²) in [7, 11) is 0. The van der Waals surface area contributed by atoms with Crippen molar-refractivity contribution in [3.8, 4) is 0 Å². The van der Waals surface area contributed by atoms with Crippen LogP contribution >= 0.6 is 23.2 Å². The van der Waals surface area contributed by atoms with Gasteiger partial charge in [-0.15, -0.1) is 0 Å². The van der Waals surface area contributed by atoms with E-state index >= 15 is 0 Å². The van der Waals surface area contributed by atoms with Crippen molar-refractivity contribution in [2.45, 2.75) is 25.7 Å². The molecule has 150 valence electrons. The molecule has 0 aromatic heterocycles. The van der Waals surface area contributed by atoms with Crippen molar-refractivity contribution >= 4 is 23.2 Å². The Hall–Kier alpha value is -1.91. The second-order valence-electron chi connectivity index (χ2n) is 7.37. The Morgan fingerprint density at radius 2 is 1.28 bits per heavy atom. The third kappa shape index (κ3) is 4.65. The van der Waals surface area contributed by atoms with Crippen LogP contribution in [0, 0.1) is 5.82 Å². The Bertz CT molecular complexity index is 923. The van der Waals surface area contributed by atoms with E-state index in [9.17, 15) is 4.39 Å². The van der Waals surface area contributed by atoms with Crippen LogP contribution in [-0.2, 0) is 13.1 Å². The molecule has 3 aromatic carbocycles. The first-order chi connectivity index (χ1) is 14.1. The summed E-state index contributed by atoms with van der Waals surface area (Å²) in [5, 5.41) is 1.48. The van der Waals surface area contributed by atoms with E-state index in [2.05, 4.69) is 21.9 Å². The summed E-state index contributed by atoms with van der Waals surface area (Å²) in [5.41, 5.74) is 2.82. The van der Waals surface area contributed by atoms with E-state index in [0.717, 1.165) is 40.7 Å². The molecule has 2 nitrogen and oxygen atoms in total. The van der Waals surface area contributed by atoms with E-state index in [4.69, 9.17) is 23.2 Å². The maximum atomic E-state index is 14.4. The largest absolute Gasteiger partial charge is 0.280 e. The molecule has 4 rings (SSSR count). The molecule has 1 aliphatic rings. The van der Waals surface area contributed by atoms with Gasteiger partial charge in [-0.1, -0.05) is 77.8 Å². The van der Waals surface area contributed by atoms with E-state index < -0.39 is 0 Å². The molecular weight excluding hydrogens is 406 g/mol. The highest BCUT2D eigenvalue weighted by atomic mass is 35.5. The topological polar surface area (TPSA) is 6.48 Å². The molecule has 1 fully saturated rings. The van der Waals surface area contributed by atoms with Gasteiger partial charge in [0.15, 0.2) is 0 Å². The van der Waals surface area contributed by atoms with Gasteiger partial charge in [-0.2, -0.15) is 0 Å². The van der Waals surface area contributed by atoms with Crippen molar-refractivity contribution in [2.75, 3.05) is 13.1 Å². The first-order valence-corrected chi connectivity index (χ1v) is 10.6. The van der Waals surface area contributed by atoms with Crippen LogP contribution in [0.15, 0.2) is 72.8 Å². The summed E-state index contributed by atoms with van der Waals surface area (Å²) in [6.07, 6.45) is 0.952. The summed E-state index contributed by atoms with van der Waals surface area (Å²) >= 11 is 13.0. The molecule has 3 aromatic rings. The highest BCUT2D eigenvalue weighted by Gasteiger charge is 2.32. The van der Waals surface area contributed by atoms with Gasteiger partial charge in [0.25, 0.3) is 0 Å². The van der Waals surface area contributed by atoms with E-state index in [0.29, 0.717) is 18.7 Å². The Morgan fingerprint density at radius 1 is 0.724 bits per heavy atom. The van der Waals surface area contributed by atoms with Gasteiger partial charge < -0.3 is 0 Å². The van der Waals surface area contributed by atoms with Gasteiger partial charge in [-0.25, -0.2) is 4.39 Å². The summed E-state index contributed by atoms with van der Waals surface area (Å²) in [6.45, 7) is 3.04. The fourth-order valence-electron chi connectivity index (χ4n) is 4.05. The van der Waals surface area contributed by atoms with Crippen LogP contribution in [0.1, 0.15) is 29.3 Å². The van der Waals surface area contributed by atoms with Gasteiger partial charge in [0.05, 0.1) is 6.17 Å². The molecule has 0 unspecified atom stereocenters. The maximum absolute atomic E-state index is 14.4. The normalized spacial score (nSPS) is 18.1. The number of hydrogen-bond donors (Lipinski definition) is 0. The quantitative estimate of drug-likeness (QED) is 0.455. The lowest BCUT2D eigenvalue weighted by Gasteiger charge is -2.44. The predicted octanol–water partition coefficient (Wildman–Crippen LogP) is 6.54. The zero-order chi connectivity index (χ0) is 20.2. The van der Waals surface area contributed by atoms with Crippen LogP contribution in [0.3, 0.4) is 0 Å². The Kier molecular flexibility index (Phi) is 6.51. The smallest absolute Gasteiger partial charge is 0.127 e. The minimum Gasteiger partial charge on any atom is -0.280 e. The van der Waals surface area contributed by atoms with Gasteiger partial charge in [-0.3, -0.25) is 9.80 Å². The third-order valence-corrected chi connectivity index (χ3v) is 6.14. The molecule has 0 N–H and O–H groups in total. The average Bonchev–Trinajstić information content (AvgIpc) is 2.72. The molecule has 0 aliphatic carbocycles. The molecule has 1 atom stereocenters. The summed E-state index contributed by atoms with van der Waals surface area (Å²) in [5.74, 6) is -0.173. The second-order valence-corrected chi connectivity index (χ2v) is 8.19. The molecule has 0 saturated carbocycles. The zero-order valence-electron chi connectivity index (χ0n) is 16.1. The Balaban J connectivity index is 1.69. The predicted molar refractivity (Wildman–Crippen MR) is 117 cm³/mol. The van der Waals surface area contributed by atoms with Crippen molar-refractivity contribution in [1.82, 2.24) is 9.80 Å². The van der Waals surface area contributed by atoms with Gasteiger partial charge >= 0.3 is 0 Å². The number of nitrogens with zero attached hydrogens (tertiary/aromatic N) is 2. The van der Waals surface area contributed by atoms with Crippen molar-refractivity contribution in [2.24, 2.45) is 0 Å². The van der Waals surface area contributed by atoms with Gasteiger partial charge in [0.2, 0.25) is 0 Å². The van der Waals surface area contributed by atoms with E-state index in [1.165, 1.54) is 6.07 Å². The minimum atomic E-state index is -0.173. The summed E-state index contributed by atoms with van der Waals surface area (Å²) in [4.78, 5) is 4.69. The maximum Gasteiger partial charge on any atom is 0.127 e. The van der Waals surface area contributed by atoms with E-state index in [-0.39, 0.29) is 12.0 Å². The van der Waals surface area contributed by atoms with Crippen LogP contribution in [0.5, 0.6) is 0 Å². The van der Waals surface area contributed by atoms with Crippen molar-refractivity contribution in [3.05, 3.63) is 105 Å². The first-order valence-electron chi connectivity index (χ1n) is 9.83. The van der Waals surface area contributed by atoms with Crippen LogP contribution < -0.4 is 0 Å². The molecular formula is C24H23Cl2FN2. The Labute approximate surface area is 181 Å². The number of benzene rings is 3. The third-order valence-electron chi connectivity index (χ3n) is 5.43.